The standard InChI is InChI=1S/C14H11ClN4S/c15-8-5-6-12(9(7-8)13(16)17)20-14-18-10-3-1-2-4-11(10)19-14/h1-7H,(H3,16,17)(H,18,19). The van der Waals surface area contributed by atoms with Crippen molar-refractivity contribution in [3.8, 4) is 0 Å². The quantitative estimate of drug-likeness (QED) is 0.510. The zero-order chi connectivity index (χ0) is 14.1. The van der Waals surface area contributed by atoms with Gasteiger partial charge in [-0.1, -0.05) is 35.5 Å². The number of amidine groups is 1. The number of imidazole rings is 1. The zero-order valence-corrected chi connectivity index (χ0v) is 11.9. The fourth-order valence-corrected chi connectivity index (χ4v) is 2.98. The first kappa shape index (κ1) is 13.0. The lowest BCUT2D eigenvalue weighted by molar-refractivity contribution is 1.08. The van der Waals surface area contributed by atoms with Gasteiger partial charge in [-0.2, -0.15) is 0 Å². The van der Waals surface area contributed by atoms with Crippen LogP contribution in [0.15, 0.2) is 52.5 Å². The monoisotopic (exact) mass is 302 g/mol. The van der Waals surface area contributed by atoms with E-state index < -0.39 is 0 Å². The molecule has 0 saturated heterocycles. The molecule has 100 valence electrons. The highest BCUT2D eigenvalue weighted by Gasteiger charge is 2.10. The Balaban J connectivity index is 2.00. The average Bonchev–Trinajstić information content (AvgIpc) is 2.82. The summed E-state index contributed by atoms with van der Waals surface area (Å²) >= 11 is 7.37. The number of aromatic amines is 1. The molecular weight excluding hydrogens is 292 g/mol. The second-order valence-corrected chi connectivity index (χ2v) is 5.68. The van der Waals surface area contributed by atoms with Gasteiger partial charge in [-0.25, -0.2) is 4.98 Å². The molecule has 3 aromatic rings. The van der Waals surface area contributed by atoms with Crippen molar-refractivity contribution in [2.45, 2.75) is 10.1 Å². The van der Waals surface area contributed by atoms with Crippen LogP contribution in [0.1, 0.15) is 5.56 Å². The highest BCUT2D eigenvalue weighted by Crippen LogP contribution is 2.31. The van der Waals surface area contributed by atoms with Gasteiger partial charge < -0.3 is 10.7 Å². The summed E-state index contributed by atoms with van der Waals surface area (Å²) < 4.78 is 0. The van der Waals surface area contributed by atoms with Crippen LogP contribution in [0.3, 0.4) is 0 Å². The topological polar surface area (TPSA) is 78.6 Å². The van der Waals surface area contributed by atoms with Gasteiger partial charge in [0.25, 0.3) is 0 Å². The molecule has 1 heterocycles. The molecule has 0 atom stereocenters. The van der Waals surface area contributed by atoms with E-state index in [0.717, 1.165) is 21.1 Å². The molecule has 0 unspecified atom stereocenters. The first-order chi connectivity index (χ1) is 9.63. The van der Waals surface area contributed by atoms with Crippen LogP contribution in [0, 0.1) is 5.41 Å². The molecule has 20 heavy (non-hydrogen) atoms. The number of H-pyrrole nitrogens is 1. The highest BCUT2D eigenvalue weighted by molar-refractivity contribution is 7.99. The number of nitrogens with one attached hydrogen (secondary N) is 2. The molecule has 2 aromatic carbocycles. The van der Waals surface area contributed by atoms with E-state index in [1.54, 1.807) is 12.1 Å². The van der Waals surface area contributed by atoms with Crippen LogP contribution in [0.4, 0.5) is 0 Å². The maximum Gasteiger partial charge on any atom is 0.171 e. The summed E-state index contributed by atoms with van der Waals surface area (Å²) in [5, 5.41) is 8.94. The highest BCUT2D eigenvalue weighted by atomic mass is 35.5. The van der Waals surface area contributed by atoms with Crippen LogP contribution in [-0.2, 0) is 0 Å². The van der Waals surface area contributed by atoms with Gasteiger partial charge in [-0.3, -0.25) is 5.41 Å². The van der Waals surface area contributed by atoms with E-state index in [1.807, 2.05) is 30.3 Å². The number of hydrogen-bond acceptors (Lipinski definition) is 3. The lowest BCUT2D eigenvalue weighted by Crippen LogP contribution is -2.12. The number of nitrogens with zero attached hydrogens (tertiary/aromatic N) is 1. The van der Waals surface area contributed by atoms with E-state index in [1.165, 1.54) is 11.8 Å². The Morgan fingerprint density at radius 2 is 2.05 bits per heavy atom. The Labute approximate surface area is 124 Å². The number of para-hydroxylation sites is 2. The van der Waals surface area contributed by atoms with Crippen LogP contribution in [0.5, 0.6) is 0 Å². The van der Waals surface area contributed by atoms with Crippen LogP contribution in [0.25, 0.3) is 11.0 Å². The number of halogens is 1. The van der Waals surface area contributed by atoms with Crippen LogP contribution >= 0.6 is 23.4 Å². The van der Waals surface area contributed by atoms with Crippen molar-refractivity contribution >= 4 is 40.2 Å². The largest absolute Gasteiger partial charge is 0.384 e. The normalized spacial score (nSPS) is 10.8. The molecule has 0 fully saturated rings. The Hall–Kier alpha value is -1.98. The van der Waals surface area contributed by atoms with Gasteiger partial charge in [0.15, 0.2) is 5.16 Å². The molecule has 0 saturated carbocycles. The summed E-state index contributed by atoms with van der Waals surface area (Å²) in [5.41, 5.74) is 8.10. The van der Waals surface area contributed by atoms with Crippen molar-refractivity contribution in [3.05, 3.63) is 53.1 Å². The Morgan fingerprint density at radius 3 is 2.80 bits per heavy atom. The number of benzene rings is 2. The van der Waals surface area contributed by atoms with E-state index >= 15 is 0 Å². The Bertz CT molecular complexity index is 764. The van der Waals surface area contributed by atoms with Crippen molar-refractivity contribution in [3.63, 3.8) is 0 Å². The molecule has 6 heteroatoms. The molecule has 0 aliphatic heterocycles. The summed E-state index contributed by atoms with van der Waals surface area (Å²) in [6.45, 7) is 0. The van der Waals surface area contributed by atoms with Crippen LogP contribution in [-0.4, -0.2) is 15.8 Å². The SMILES string of the molecule is N=C(N)c1cc(Cl)ccc1Sc1nc2ccccc2[nH]1. The predicted molar refractivity (Wildman–Crippen MR) is 82.7 cm³/mol. The second kappa shape index (κ2) is 5.19. The fraction of sp³-hybridized carbons (Fsp3) is 0. The van der Waals surface area contributed by atoms with Gasteiger partial charge in [0.05, 0.1) is 11.0 Å². The molecule has 0 radical (unpaired) electrons. The smallest absolute Gasteiger partial charge is 0.171 e. The van der Waals surface area contributed by atoms with Crippen LogP contribution in [0.2, 0.25) is 5.02 Å². The third-order valence-corrected chi connectivity index (χ3v) is 4.00. The Morgan fingerprint density at radius 1 is 1.25 bits per heavy atom. The molecule has 0 amide bonds. The van der Waals surface area contributed by atoms with Gasteiger partial charge in [0, 0.05) is 15.5 Å². The van der Waals surface area contributed by atoms with E-state index in [4.69, 9.17) is 22.7 Å². The molecule has 0 aliphatic carbocycles. The Kier molecular flexibility index (Phi) is 3.38. The number of nitrogens with two attached hydrogens (primary N) is 1. The van der Waals surface area contributed by atoms with Crippen molar-refractivity contribution in [1.29, 1.82) is 5.41 Å². The van der Waals surface area contributed by atoms with E-state index in [-0.39, 0.29) is 5.84 Å². The van der Waals surface area contributed by atoms with Gasteiger partial charge in [0.2, 0.25) is 0 Å². The first-order valence-corrected chi connectivity index (χ1v) is 7.09. The van der Waals surface area contributed by atoms with Gasteiger partial charge in [-0.05, 0) is 30.3 Å². The van der Waals surface area contributed by atoms with Crippen LogP contribution < -0.4 is 5.73 Å². The summed E-state index contributed by atoms with van der Waals surface area (Å²) in [7, 11) is 0. The third kappa shape index (κ3) is 2.50. The summed E-state index contributed by atoms with van der Waals surface area (Å²) in [6, 6.07) is 13.1. The maximum atomic E-state index is 7.62. The first-order valence-electron chi connectivity index (χ1n) is 5.90. The number of hydrogen-bond donors (Lipinski definition) is 3. The lowest BCUT2D eigenvalue weighted by atomic mass is 10.2. The third-order valence-electron chi connectivity index (χ3n) is 2.81. The molecule has 0 aliphatic rings. The van der Waals surface area contributed by atoms with Gasteiger partial charge >= 0.3 is 0 Å². The molecular formula is C14H11ClN4S. The summed E-state index contributed by atoms with van der Waals surface area (Å²) in [4.78, 5) is 8.57. The molecule has 0 bridgehead atoms. The van der Waals surface area contributed by atoms with E-state index in [9.17, 15) is 0 Å². The minimum Gasteiger partial charge on any atom is -0.384 e. The predicted octanol–water partition coefficient (Wildman–Crippen LogP) is 3.65. The lowest BCUT2D eigenvalue weighted by Gasteiger charge is -2.06. The van der Waals surface area contributed by atoms with Gasteiger partial charge in [0.1, 0.15) is 5.84 Å². The maximum absolute atomic E-state index is 7.62. The number of nitrogen functional groups attached to an aromatic ring is 1. The van der Waals surface area contributed by atoms with Gasteiger partial charge in [-0.15, -0.1) is 0 Å². The molecule has 3 rings (SSSR count). The van der Waals surface area contributed by atoms with Crippen molar-refractivity contribution < 1.29 is 0 Å². The molecule has 1 aromatic heterocycles. The summed E-state index contributed by atoms with van der Waals surface area (Å²) in [5.74, 6) is -0.00823. The molecule has 4 N–H and O–H groups in total. The van der Waals surface area contributed by atoms with Crippen molar-refractivity contribution in [2.24, 2.45) is 5.73 Å². The number of fused-ring (bicyclic) bond motifs is 1. The van der Waals surface area contributed by atoms with Crippen molar-refractivity contribution in [1.82, 2.24) is 9.97 Å². The fourth-order valence-electron chi connectivity index (χ4n) is 1.88. The molecule has 4 nitrogen and oxygen atoms in total. The average molecular weight is 303 g/mol. The van der Waals surface area contributed by atoms with E-state index in [2.05, 4.69) is 9.97 Å². The minimum absolute atomic E-state index is 0.00823. The summed E-state index contributed by atoms with van der Waals surface area (Å²) in [6.07, 6.45) is 0. The molecule has 0 spiro atoms. The zero-order valence-electron chi connectivity index (χ0n) is 10.4. The number of rotatable bonds is 3. The van der Waals surface area contributed by atoms with E-state index in [0.29, 0.717) is 10.6 Å². The minimum atomic E-state index is -0.00823. The second-order valence-electron chi connectivity index (χ2n) is 4.22. The number of aromatic nitrogens is 2. The van der Waals surface area contributed by atoms with Crippen molar-refractivity contribution in [2.75, 3.05) is 0 Å².